The minimum Gasteiger partial charge on any atom is -0.480 e. The molecule has 4 N–H and O–H groups in total. The first-order chi connectivity index (χ1) is 18.4. The Kier molecular flexibility index (Phi) is 7.08. The monoisotopic (exact) mass is 513 g/mol. The summed E-state index contributed by atoms with van der Waals surface area (Å²) in [6.07, 6.45) is 2.52. The van der Waals surface area contributed by atoms with E-state index in [1.165, 1.54) is 12.1 Å². The van der Waals surface area contributed by atoms with Crippen LogP contribution < -0.4 is 10.6 Å². The summed E-state index contributed by atoms with van der Waals surface area (Å²) in [5.41, 5.74) is 5.55. The Morgan fingerprint density at radius 2 is 1.95 bits per heavy atom. The first-order valence-electron chi connectivity index (χ1n) is 12.4. The molecule has 1 unspecified atom stereocenters. The predicted octanol–water partition coefficient (Wildman–Crippen LogP) is 5.95. The highest BCUT2D eigenvalue weighted by Gasteiger charge is 2.21. The molecule has 0 saturated heterocycles. The summed E-state index contributed by atoms with van der Waals surface area (Å²) in [5.74, 6) is 0.472. The van der Waals surface area contributed by atoms with Gasteiger partial charge in [0.1, 0.15) is 17.6 Å². The van der Waals surface area contributed by atoms with Crippen LogP contribution in [0.5, 0.6) is 0 Å². The molecule has 0 aliphatic heterocycles. The lowest BCUT2D eigenvalue weighted by Gasteiger charge is -2.20. The van der Waals surface area contributed by atoms with Gasteiger partial charge in [0.05, 0.1) is 23.8 Å². The van der Waals surface area contributed by atoms with E-state index in [4.69, 9.17) is 4.42 Å². The number of aliphatic carboxylic acids is 1. The molecule has 0 saturated carbocycles. The maximum Gasteiger partial charge on any atom is 0.326 e. The third-order valence-electron chi connectivity index (χ3n) is 6.39. The summed E-state index contributed by atoms with van der Waals surface area (Å²) in [6, 6.07) is 17.2. The third-order valence-corrected chi connectivity index (χ3v) is 6.39. The van der Waals surface area contributed by atoms with Crippen LogP contribution in [0.25, 0.3) is 22.5 Å². The molecule has 2 heterocycles. The summed E-state index contributed by atoms with van der Waals surface area (Å²) < 4.78 is 19.7. The van der Waals surface area contributed by atoms with Crippen molar-refractivity contribution in [3.8, 4) is 11.5 Å². The SMILES string of the molecule is CCc1cc(F)cc(C)c1NC(Cc1ccc(-c2ncc(CNc3nc4ccccc4[nH]3)o2)cc1)C(=O)O. The molecule has 2 aromatic heterocycles. The van der Waals surface area contributed by atoms with Gasteiger partial charge in [-0.2, -0.15) is 0 Å². The number of rotatable bonds is 10. The van der Waals surface area contributed by atoms with Crippen molar-refractivity contribution in [2.75, 3.05) is 10.6 Å². The molecular formula is C29H28FN5O3. The number of aryl methyl sites for hydroxylation is 2. The molecule has 1 atom stereocenters. The normalized spacial score (nSPS) is 12.0. The van der Waals surface area contributed by atoms with Gasteiger partial charge in [-0.15, -0.1) is 0 Å². The molecule has 0 fully saturated rings. The molecule has 3 aromatic carbocycles. The standard InChI is InChI=1S/C29H28FN5O3/c1-3-19-14-21(30)12-17(2)26(19)33-25(28(36)37)13-18-8-10-20(11-9-18)27-31-15-22(38-27)16-32-29-34-23-6-4-5-7-24(23)35-29/h4-12,14-15,25,33H,3,13,16H2,1-2H3,(H,36,37)(H2,32,34,35). The highest BCUT2D eigenvalue weighted by Crippen LogP contribution is 2.26. The molecule has 0 spiro atoms. The highest BCUT2D eigenvalue weighted by atomic mass is 19.1. The maximum absolute atomic E-state index is 13.8. The van der Waals surface area contributed by atoms with Crippen molar-refractivity contribution in [1.82, 2.24) is 15.0 Å². The number of para-hydroxylation sites is 2. The molecule has 38 heavy (non-hydrogen) atoms. The van der Waals surface area contributed by atoms with E-state index in [2.05, 4.69) is 25.6 Å². The van der Waals surface area contributed by atoms with Crippen molar-refractivity contribution in [2.24, 2.45) is 0 Å². The molecule has 8 nitrogen and oxygen atoms in total. The van der Waals surface area contributed by atoms with Crippen LogP contribution >= 0.6 is 0 Å². The van der Waals surface area contributed by atoms with Crippen LogP contribution in [0.3, 0.4) is 0 Å². The molecule has 0 aliphatic carbocycles. The van der Waals surface area contributed by atoms with Gasteiger partial charge < -0.3 is 25.1 Å². The van der Waals surface area contributed by atoms with E-state index in [9.17, 15) is 14.3 Å². The fourth-order valence-electron chi connectivity index (χ4n) is 4.42. The number of carboxylic acid groups (broad SMARTS) is 1. The van der Waals surface area contributed by atoms with Gasteiger partial charge in [0.2, 0.25) is 11.8 Å². The number of aromatic nitrogens is 3. The van der Waals surface area contributed by atoms with Crippen molar-refractivity contribution in [3.05, 3.63) is 95.1 Å². The number of anilines is 2. The van der Waals surface area contributed by atoms with Crippen LogP contribution in [-0.4, -0.2) is 32.1 Å². The summed E-state index contributed by atoms with van der Waals surface area (Å²) in [6.45, 7) is 4.10. The molecule has 0 radical (unpaired) electrons. The van der Waals surface area contributed by atoms with Crippen LogP contribution in [0.4, 0.5) is 16.0 Å². The number of fused-ring (bicyclic) bond motifs is 1. The molecule has 0 aliphatic rings. The van der Waals surface area contributed by atoms with Gasteiger partial charge in [-0.25, -0.2) is 19.2 Å². The van der Waals surface area contributed by atoms with Gasteiger partial charge in [0.15, 0.2) is 0 Å². The molecule has 5 aromatic rings. The lowest BCUT2D eigenvalue weighted by molar-refractivity contribution is -0.137. The lowest BCUT2D eigenvalue weighted by atomic mass is 10.0. The van der Waals surface area contributed by atoms with Crippen molar-refractivity contribution >= 4 is 28.6 Å². The molecule has 0 amide bonds. The van der Waals surface area contributed by atoms with Crippen LogP contribution in [0.2, 0.25) is 0 Å². The number of carboxylic acids is 1. The van der Waals surface area contributed by atoms with Crippen molar-refractivity contribution in [3.63, 3.8) is 0 Å². The maximum atomic E-state index is 13.8. The second kappa shape index (κ2) is 10.8. The van der Waals surface area contributed by atoms with Crippen molar-refractivity contribution in [2.45, 2.75) is 39.3 Å². The number of hydrogen-bond donors (Lipinski definition) is 4. The average Bonchev–Trinajstić information content (AvgIpc) is 3.55. The smallest absolute Gasteiger partial charge is 0.326 e. The number of aromatic amines is 1. The summed E-state index contributed by atoms with van der Waals surface area (Å²) in [4.78, 5) is 24.1. The third kappa shape index (κ3) is 5.51. The zero-order chi connectivity index (χ0) is 26.6. The highest BCUT2D eigenvalue weighted by molar-refractivity contribution is 5.79. The van der Waals surface area contributed by atoms with Crippen molar-refractivity contribution < 1.29 is 18.7 Å². The van der Waals surface area contributed by atoms with Gasteiger partial charge >= 0.3 is 5.97 Å². The summed E-state index contributed by atoms with van der Waals surface area (Å²) in [7, 11) is 0. The van der Waals surface area contributed by atoms with E-state index in [-0.39, 0.29) is 12.2 Å². The first kappa shape index (κ1) is 25.0. The summed E-state index contributed by atoms with van der Waals surface area (Å²) >= 11 is 0. The minimum atomic E-state index is -0.978. The molecule has 194 valence electrons. The van der Waals surface area contributed by atoms with Gasteiger partial charge in [-0.3, -0.25) is 0 Å². The average molecular weight is 514 g/mol. The van der Waals surface area contributed by atoms with Crippen LogP contribution in [0.1, 0.15) is 29.4 Å². The van der Waals surface area contributed by atoms with E-state index in [1.54, 1.807) is 13.1 Å². The molecular weight excluding hydrogens is 485 g/mol. The quantitative estimate of drug-likeness (QED) is 0.182. The van der Waals surface area contributed by atoms with E-state index < -0.39 is 12.0 Å². The Labute approximate surface area is 219 Å². The predicted molar refractivity (Wildman–Crippen MR) is 145 cm³/mol. The number of benzene rings is 3. The number of hydrogen-bond acceptors (Lipinski definition) is 6. The number of nitrogens with zero attached hydrogens (tertiary/aromatic N) is 2. The Morgan fingerprint density at radius 1 is 1.16 bits per heavy atom. The van der Waals surface area contributed by atoms with Crippen LogP contribution in [0, 0.1) is 12.7 Å². The number of nitrogens with one attached hydrogen (secondary N) is 3. The van der Waals surface area contributed by atoms with Gasteiger partial charge in [0, 0.05) is 17.7 Å². The Bertz CT molecular complexity index is 1540. The summed E-state index contributed by atoms with van der Waals surface area (Å²) in [5, 5.41) is 16.2. The van der Waals surface area contributed by atoms with Crippen LogP contribution in [-0.2, 0) is 24.2 Å². The van der Waals surface area contributed by atoms with E-state index in [1.807, 2.05) is 55.5 Å². The topological polar surface area (TPSA) is 116 Å². The zero-order valence-corrected chi connectivity index (χ0v) is 21.1. The Balaban J connectivity index is 1.24. The van der Waals surface area contributed by atoms with Crippen molar-refractivity contribution in [1.29, 1.82) is 0 Å². The number of halogens is 1. The molecule has 0 bridgehead atoms. The van der Waals surface area contributed by atoms with Crippen LogP contribution in [0.15, 0.2) is 71.3 Å². The van der Waals surface area contributed by atoms with Gasteiger partial charge in [-0.1, -0.05) is 31.2 Å². The second-order valence-corrected chi connectivity index (χ2v) is 9.13. The van der Waals surface area contributed by atoms with E-state index in [0.717, 1.165) is 27.7 Å². The fraction of sp³-hybridized carbons (Fsp3) is 0.207. The number of carbonyl (C=O) groups is 1. The van der Waals surface area contributed by atoms with E-state index >= 15 is 0 Å². The minimum absolute atomic E-state index is 0.258. The number of imidazole rings is 1. The Morgan fingerprint density at radius 3 is 2.68 bits per heavy atom. The molecule has 5 rings (SSSR count). The number of oxazole rings is 1. The Hall–Kier alpha value is -4.66. The second-order valence-electron chi connectivity index (χ2n) is 9.13. The first-order valence-corrected chi connectivity index (χ1v) is 12.4. The fourth-order valence-corrected chi connectivity index (χ4v) is 4.42. The number of H-pyrrole nitrogens is 1. The van der Waals surface area contributed by atoms with Gasteiger partial charge in [0.25, 0.3) is 0 Å². The molecule has 9 heteroatoms. The largest absolute Gasteiger partial charge is 0.480 e. The van der Waals surface area contributed by atoms with E-state index in [0.29, 0.717) is 41.8 Å². The zero-order valence-electron chi connectivity index (χ0n) is 21.1. The van der Waals surface area contributed by atoms with Gasteiger partial charge in [-0.05, 0) is 66.4 Å². The lowest BCUT2D eigenvalue weighted by Crippen LogP contribution is -2.32.